The molecule has 2 aliphatic rings. The molecule has 1 aliphatic carbocycles. The Morgan fingerprint density at radius 3 is 2.76 bits per heavy atom. The first-order chi connectivity index (χ1) is 14.3. The number of carbonyl (C=O) groups excluding carboxylic acids is 1. The number of rotatable bonds is 6. The van der Waals surface area contributed by atoms with E-state index >= 15 is 0 Å². The highest BCUT2D eigenvalue weighted by atomic mass is 16.1. The molecule has 1 N–H and O–H groups in total. The lowest BCUT2D eigenvalue weighted by molar-refractivity contribution is -0.116. The third kappa shape index (κ3) is 3.86. The summed E-state index contributed by atoms with van der Waals surface area (Å²) in [5.41, 5.74) is 2.24. The van der Waals surface area contributed by atoms with Crippen molar-refractivity contribution in [3.05, 3.63) is 72.8 Å². The fourth-order valence-electron chi connectivity index (χ4n) is 4.62. The van der Waals surface area contributed by atoms with Gasteiger partial charge in [-0.15, -0.1) is 0 Å². The molecule has 5 nitrogen and oxygen atoms in total. The number of piperidine rings is 1. The minimum Gasteiger partial charge on any atom is -0.371 e. The third-order valence-corrected chi connectivity index (χ3v) is 6.25. The van der Waals surface area contributed by atoms with Gasteiger partial charge in [-0.2, -0.15) is 0 Å². The highest BCUT2D eigenvalue weighted by molar-refractivity contribution is 5.91. The number of carbonyl (C=O) groups is 1. The number of benzene rings is 1. The zero-order valence-corrected chi connectivity index (χ0v) is 16.2. The molecule has 2 aromatic heterocycles. The van der Waals surface area contributed by atoms with Gasteiger partial charge in [-0.25, -0.2) is 0 Å². The van der Waals surface area contributed by atoms with Gasteiger partial charge in [-0.3, -0.25) is 14.8 Å². The van der Waals surface area contributed by atoms with Crippen LogP contribution >= 0.6 is 0 Å². The molecule has 3 heterocycles. The molecule has 0 unspecified atom stereocenters. The van der Waals surface area contributed by atoms with Crippen LogP contribution in [0.3, 0.4) is 0 Å². The summed E-state index contributed by atoms with van der Waals surface area (Å²) in [5, 5.41) is 5.44. The molecular weight excluding hydrogens is 360 g/mol. The normalized spacial score (nSPS) is 22.8. The zero-order chi connectivity index (χ0) is 19.6. The van der Waals surface area contributed by atoms with Crippen LogP contribution in [0.4, 0.5) is 5.69 Å². The number of amides is 1. The number of hydrogen-bond donors (Lipinski definition) is 1. The maximum absolute atomic E-state index is 12.0. The minimum absolute atomic E-state index is 0.0352. The van der Waals surface area contributed by atoms with Crippen LogP contribution in [0.15, 0.2) is 67.3 Å². The zero-order valence-electron chi connectivity index (χ0n) is 16.2. The van der Waals surface area contributed by atoms with E-state index < -0.39 is 0 Å². The van der Waals surface area contributed by atoms with Gasteiger partial charge in [0.2, 0.25) is 5.91 Å². The number of nitrogens with zero attached hydrogens (tertiary/aromatic N) is 3. The van der Waals surface area contributed by atoms with Gasteiger partial charge in [-0.1, -0.05) is 12.1 Å². The average Bonchev–Trinajstić information content (AvgIpc) is 3.20. The summed E-state index contributed by atoms with van der Waals surface area (Å²) < 4.78 is 0. The summed E-state index contributed by atoms with van der Waals surface area (Å²) >= 11 is 0. The maximum Gasteiger partial charge on any atom is 0.244 e. The van der Waals surface area contributed by atoms with Crippen molar-refractivity contribution in [2.45, 2.75) is 6.42 Å². The van der Waals surface area contributed by atoms with E-state index in [-0.39, 0.29) is 5.91 Å². The van der Waals surface area contributed by atoms with E-state index in [1.165, 1.54) is 16.5 Å². The molecule has 5 heteroatoms. The first kappa shape index (κ1) is 17.9. The third-order valence-electron chi connectivity index (χ3n) is 6.25. The number of aromatic nitrogens is 2. The van der Waals surface area contributed by atoms with Gasteiger partial charge in [-0.05, 0) is 65.5 Å². The van der Waals surface area contributed by atoms with E-state index in [1.807, 2.05) is 24.5 Å². The monoisotopic (exact) mass is 384 g/mol. The van der Waals surface area contributed by atoms with Crippen LogP contribution in [0.1, 0.15) is 12.0 Å². The summed E-state index contributed by atoms with van der Waals surface area (Å²) in [4.78, 5) is 22.7. The van der Waals surface area contributed by atoms with Crippen LogP contribution in [0.5, 0.6) is 0 Å². The number of fused-ring (bicyclic) bond motifs is 2. The summed E-state index contributed by atoms with van der Waals surface area (Å²) in [6, 6.07) is 12.5. The standard InChI is InChI=1S/C24H24N4O/c29-24(6-3-17-2-1-9-25-13-17)27-11-8-21-22-15-28(16-23(21)22)20-5-4-19-14-26-10-7-18(19)12-20/h1-7,9-10,12-14,21-23H,8,11,15-16H2,(H,27,29)/b6-3+/t21-,22-,23+. The molecule has 146 valence electrons. The van der Waals surface area contributed by atoms with Crippen molar-refractivity contribution in [2.75, 3.05) is 24.5 Å². The van der Waals surface area contributed by atoms with Crippen molar-refractivity contribution in [2.24, 2.45) is 17.8 Å². The largest absolute Gasteiger partial charge is 0.371 e. The van der Waals surface area contributed by atoms with E-state index in [4.69, 9.17) is 0 Å². The fourth-order valence-corrected chi connectivity index (χ4v) is 4.62. The van der Waals surface area contributed by atoms with Crippen LogP contribution in [0.25, 0.3) is 16.8 Å². The summed E-state index contributed by atoms with van der Waals surface area (Å²) in [5.74, 6) is 2.25. The summed E-state index contributed by atoms with van der Waals surface area (Å²) in [7, 11) is 0. The van der Waals surface area contributed by atoms with Crippen molar-refractivity contribution in [1.82, 2.24) is 15.3 Å². The van der Waals surface area contributed by atoms with Crippen molar-refractivity contribution < 1.29 is 4.79 Å². The van der Waals surface area contributed by atoms with Gasteiger partial charge < -0.3 is 10.2 Å². The second kappa shape index (κ2) is 7.66. The van der Waals surface area contributed by atoms with Gasteiger partial charge in [0.25, 0.3) is 0 Å². The Hall–Kier alpha value is -3.21. The number of hydrogen-bond acceptors (Lipinski definition) is 4. The Bertz CT molecular complexity index is 1040. The predicted molar refractivity (Wildman–Crippen MR) is 115 cm³/mol. The van der Waals surface area contributed by atoms with E-state index in [2.05, 4.69) is 44.5 Å². The number of pyridine rings is 2. The molecule has 1 saturated heterocycles. The smallest absolute Gasteiger partial charge is 0.244 e. The van der Waals surface area contributed by atoms with E-state index in [0.29, 0.717) is 0 Å². The SMILES string of the molecule is O=C(/C=C/c1cccnc1)NCC[C@@H]1[C@H]2CN(c3ccc4cnccc4c3)C[C@@H]12. The molecule has 1 amide bonds. The Labute approximate surface area is 170 Å². The molecule has 2 fully saturated rings. The second-order valence-electron chi connectivity index (χ2n) is 8.00. The first-order valence-electron chi connectivity index (χ1n) is 10.2. The summed E-state index contributed by atoms with van der Waals surface area (Å²) in [6.07, 6.45) is 11.7. The van der Waals surface area contributed by atoms with Crippen LogP contribution in [-0.2, 0) is 4.79 Å². The second-order valence-corrected chi connectivity index (χ2v) is 8.00. The molecular formula is C24H24N4O. The van der Waals surface area contributed by atoms with E-state index in [9.17, 15) is 4.79 Å². The highest BCUT2D eigenvalue weighted by Gasteiger charge is 2.54. The van der Waals surface area contributed by atoms with Crippen LogP contribution in [-0.4, -0.2) is 35.5 Å². The Morgan fingerprint density at radius 1 is 1.07 bits per heavy atom. The van der Waals surface area contributed by atoms with Crippen molar-refractivity contribution in [3.8, 4) is 0 Å². The molecule has 1 saturated carbocycles. The van der Waals surface area contributed by atoms with Gasteiger partial charge in [0, 0.05) is 61.6 Å². The fraction of sp³-hybridized carbons (Fsp3) is 0.292. The Morgan fingerprint density at radius 2 is 1.93 bits per heavy atom. The van der Waals surface area contributed by atoms with Gasteiger partial charge in [0.1, 0.15) is 0 Å². The van der Waals surface area contributed by atoms with Gasteiger partial charge in [0.05, 0.1) is 0 Å². The average molecular weight is 384 g/mol. The topological polar surface area (TPSA) is 58.1 Å². The quantitative estimate of drug-likeness (QED) is 0.661. The van der Waals surface area contributed by atoms with E-state index in [0.717, 1.165) is 49.4 Å². The molecule has 3 aromatic rings. The molecule has 29 heavy (non-hydrogen) atoms. The molecule has 0 radical (unpaired) electrons. The number of anilines is 1. The summed E-state index contributed by atoms with van der Waals surface area (Å²) in [6.45, 7) is 3.00. The van der Waals surface area contributed by atoms with E-state index in [1.54, 1.807) is 24.5 Å². The predicted octanol–water partition coefficient (Wildman–Crippen LogP) is 3.53. The Kier molecular flexibility index (Phi) is 4.72. The number of nitrogens with one attached hydrogen (secondary N) is 1. The molecule has 1 aliphatic heterocycles. The van der Waals surface area contributed by atoms with Gasteiger partial charge in [0.15, 0.2) is 0 Å². The lowest BCUT2D eigenvalue weighted by atomic mass is 10.1. The lowest BCUT2D eigenvalue weighted by Crippen LogP contribution is -2.26. The molecule has 0 bridgehead atoms. The lowest BCUT2D eigenvalue weighted by Gasteiger charge is -2.22. The van der Waals surface area contributed by atoms with Crippen molar-refractivity contribution >= 4 is 28.4 Å². The minimum atomic E-state index is -0.0352. The molecule has 5 rings (SSSR count). The molecule has 1 aromatic carbocycles. The van der Waals surface area contributed by atoms with Crippen LogP contribution < -0.4 is 10.2 Å². The first-order valence-corrected chi connectivity index (χ1v) is 10.2. The van der Waals surface area contributed by atoms with Crippen molar-refractivity contribution in [1.29, 1.82) is 0 Å². The maximum atomic E-state index is 12.0. The molecule has 0 spiro atoms. The Balaban J connectivity index is 1.08. The van der Waals surface area contributed by atoms with Gasteiger partial charge >= 0.3 is 0 Å². The van der Waals surface area contributed by atoms with Crippen molar-refractivity contribution in [3.63, 3.8) is 0 Å². The van der Waals surface area contributed by atoms with Crippen LogP contribution in [0.2, 0.25) is 0 Å². The highest BCUT2D eigenvalue weighted by Crippen LogP contribution is 2.54. The van der Waals surface area contributed by atoms with Crippen LogP contribution in [0, 0.1) is 17.8 Å². The molecule has 3 atom stereocenters.